The quantitative estimate of drug-likeness (QED) is 0.410. The van der Waals surface area contributed by atoms with Crippen molar-refractivity contribution < 1.29 is 9.47 Å². The molecule has 0 aromatic heterocycles. The van der Waals surface area contributed by atoms with Crippen LogP contribution in [-0.2, 0) is 15.9 Å². The summed E-state index contributed by atoms with van der Waals surface area (Å²) in [4.78, 5) is 4.63. The van der Waals surface area contributed by atoms with Gasteiger partial charge in [-0.15, -0.1) is 0 Å². The Bertz CT molecular complexity index is 540. The maximum absolute atomic E-state index is 5.77. The summed E-state index contributed by atoms with van der Waals surface area (Å²) in [7, 11) is 0. The van der Waals surface area contributed by atoms with E-state index >= 15 is 0 Å². The molecule has 0 saturated carbocycles. The Morgan fingerprint density at radius 3 is 2.92 bits per heavy atom. The molecule has 2 N–H and O–H groups in total. The number of ether oxygens (including phenoxy) is 2. The number of guanidine groups is 1. The number of nitrogens with zero attached hydrogens (tertiary/aromatic N) is 1. The number of rotatable bonds is 9. The second-order valence-electron chi connectivity index (χ2n) is 6.58. The van der Waals surface area contributed by atoms with Gasteiger partial charge in [0.25, 0.3) is 0 Å². The van der Waals surface area contributed by atoms with Gasteiger partial charge in [-0.1, -0.05) is 23.8 Å². The zero-order chi connectivity index (χ0) is 17.9. The van der Waals surface area contributed by atoms with Gasteiger partial charge < -0.3 is 20.1 Å². The van der Waals surface area contributed by atoms with Crippen LogP contribution in [0.1, 0.15) is 36.5 Å². The maximum atomic E-state index is 5.77. The standard InChI is InChI=1S/C20H33N3O2/c1-4-21-20(22-10-5-12-25-19-9-13-24-15-19)23-11-8-18-7-6-16(2)14-17(18)3/h6-7,14,19H,4-5,8-13,15H2,1-3H3,(H2,21,22,23). The molecule has 1 atom stereocenters. The van der Waals surface area contributed by atoms with Gasteiger partial charge in [-0.2, -0.15) is 0 Å². The van der Waals surface area contributed by atoms with Gasteiger partial charge in [0.1, 0.15) is 0 Å². The Morgan fingerprint density at radius 2 is 2.20 bits per heavy atom. The molecule has 1 aliphatic heterocycles. The van der Waals surface area contributed by atoms with Crippen LogP contribution < -0.4 is 10.6 Å². The third-order valence-electron chi connectivity index (χ3n) is 4.34. The van der Waals surface area contributed by atoms with E-state index in [1.807, 2.05) is 0 Å². The number of nitrogens with one attached hydrogen (secondary N) is 2. The van der Waals surface area contributed by atoms with Crippen molar-refractivity contribution in [2.24, 2.45) is 4.99 Å². The molecule has 0 bridgehead atoms. The smallest absolute Gasteiger partial charge is 0.191 e. The van der Waals surface area contributed by atoms with E-state index < -0.39 is 0 Å². The SMILES string of the molecule is CCNC(=NCCCOC1CCOC1)NCCc1ccc(C)cc1C. The summed E-state index contributed by atoms with van der Waals surface area (Å²) >= 11 is 0. The first-order valence-corrected chi connectivity index (χ1v) is 9.46. The highest BCUT2D eigenvalue weighted by atomic mass is 16.5. The monoisotopic (exact) mass is 347 g/mol. The summed E-state index contributed by atoms with van der Waals surface area (Å²) in [6.07, 6.45) is 3.24. The fourth-order valence-electron chi connectivity index (χ4n) is 2.93. The second kappa shape index (κ2) is 11.1. The number of hydrogen-bond donors (Lipinski definition) is 2. The first-order valence-electron chi connectivity index (χ1n) is 9.46. The summed E-state index contributed by atoms with van der Waals surface area (Å²) in [6, 6.07) is 6.64. The van der Waals surface area contributed by atoms with Gasteiger partial charge in [0.05, 0.1) is 12.7 Å². The lowest BCUT2D eigenvalue weighted by molar-refractivity contribution is 0.0424. The lowest BCUT2D eigenvalue weighted by atomic mass is 10.0. The van der Waals surface area contributed by atoms with Crippen LogP contribution in [0.2, 0.25) is 0 Å². The first-order chi connectivity index (χ1) is 12.2. The fraction of sp³-hybridized carbons (Fsp3) is 0.650. The third-order valence-corrected chi connectivity index (χ3v) is 4.34. The number of aryl methyl sites for hydroxylation is 2. The van der Waals surface area contributed by atoms with Gasteiger partial charge in [-0.25, -0.2) is 0 Å². The minimum atomic E-state index is 0.285. The van der Waals surface area contributed by atoms with Crippen LogP contribution in [0.25, 0.3) is 0 Å². The van der Waals surface area contributed by atoms with Crippen molar-refractivity contribution >= 4 is 5.96 Å². The van der Waals surface area contributed by atoms with Crippen LogP contribution in [0, 0.1) is 13.8 Å². The molecule has 0 spiro atoms. The zero-order valence-corrected chi connectivity index (χ0v) is 15.9. The molecule has 1 heterocycles. The Hall–Kier alpha value is -1.59. The molecule has 1 aromatic carbocycles. The average molecular weight is 348 g/mol. The summed E-state index contributed by atoms with van der Waals surface area (Å²) < 4.78 is 11.1. The van der Waals surface area contributed by atoms with Crippen molar-refractivity contribution in [3.8, 4) is 0 Å². The van der Waals surface area contributed by atoms with Gasteiger partial charge in [-0.3, -0.25) is 4.99 Å². The van der Waals surface area contributed by atoms with E-state index in [4.69, 9.17) is 9.47 Å². The van der Waals surface area contributed by atoms with E-state index in [1.54, 1.807) is 0 Å². The van der Waals surface area contributed by atoms with E-state index in [-0.39, 0.29) is 6.10 Å². The number of hydrogen-bond acceptors (Lipinski definition) is 3. The van der Waals surface area contributed by atoms with E-state index in [9.17, 15) is 0 Å². The minimum Gasteiger partial charge on any atom is -0.379 e. The van der Waals surface area contributed by atoms with Crippen LogP contribution in [0.15, 0.2) is 23.2 Å². The van der Waals surface area contributed by atoms with Crippen molar-refractivity contribution in [1.29, 1.82) is 0 Å². The van der Waals surface area contributed by atoms with Crippen LogP contribution in [0.3, 0.4) is 0 Å². The lowest BCUT2D eigenvalue weighted by Gasteiger charge is -2.13. The highest BCUT2D eigenvalue weighted by Crippen LogP contribution is 2.10. The Kier molecular flexibility index (Phi) is 8.77. The third kappa shape index (κ3) is 7.45. The lowest BCUT2D eigenvalue weighted by Crippen LogP contribution is -2.38. The minimum absolute atomic E-state index is 0.285. The molecule has 1 fully saturated rings. The fourth-order valence-corrected chi connectivity index (χ4v) is 2.93. The Morgan fingerprint density at radius 1 is 1.32 bits per heavy atom. The predicted octanol–water partition coefficient (Wildman–Crippen LogP) is 2.60. The van der Waals surface area contributed by atoms with E-state index in [0.29, 0.717) is 0 Å². The van der Waals surface area contributed by atoms with E-state index in [0.717, 1.165) is 64.7 Å². The molecule has 0 aliphatic carbocycles. The largest absolute Gasteiger partial charge is 0.379 e. The van der Waals surface area contributed by atoms with E-state index in [1.165, 1.54) is 16.7 Å². The summed E-state index contributed by atoms with van der Waals surface area (Å²) in [5, 5.41) is 6.72. The molecule has 2 rings (SSSR count). The number of benzene rings is 1. The topological polar surface area (TPSA) is 54.9 Å². The maximum Gasteiger partial charge on any atom is 0.191 e. The molecule has 0 amide bonds. The van der Waals surface area contributed by atoms with Crippen molar-refractivity contribution in [3.63, 3.8) is 0 Å². The van der Waals surface area contributed by atoms with Crippen LogP contribution in [0.5, 0.6) is 0 Å². The first kappa shape index (κ1) is 19.7. The zero-order valence-electron chi connectivity index (χ0n) is 15.9. The Balaban J connectivity index is 1.67. The van der Waals surface area contributed by atoms with E-state index in [2.05, 4.69) is 54.6 Å². The van der Waals surface area contributed by atoms with Crippen LogP contribution in [0.4, 0.5) is 0 Å². The van der Waals surface area contributed by atoms with Crippen LogP contribution >= 0.6 is 0 Å². The van der Waals surface area contributed by atoms with Crippen molar-refractivity contribution in [1.82, 2.24) is 10.6 Å². The van der Waals surface area contributed by atoms with Crippen molar-refractivity contribution in [2.45, 2.75) is 46.1 Å². The highest BCUT2D eigenvalue weighted by Gasteiger charge is 2.15. The summed E-state index contributed by atoms with van der Waals surface area (Å²) in [5.41, 5.74) is 4.06. The van der Waals surface area contributed by atoms with Crippen molar-refractivity contribution in [3.05, 3.63) is 34.9 Å². The normalized spacial score (nSPS) is 17.7. The van der Waals surface area contributed by atoms with Crippen molar-refractivity contribution in [2.75, 3.05) is 39.5 Å². The van der Waals surface area contributed by atoms with Gasteiger partial charge in [0.2, 0.25) is 0 Å². The molecule has 1 aromatic rings. The molecule has 1 aliphatic rings. The molecule has 140 valence electrons. The second-order valence-corrected chi connectivity index (χ2v) is 6.58. The molecule has 0 radical (unpaired) electrons. The molecular weight excluding hydrogens is 314 g/mol. The summed E-state index contributed by atoms with van der Waals surface area (Å²) in [6.45, 7) is 11.2. The predicted molar refractivity (Wildman–Crippen MR) is 103 cm³/mol. The molecule has 5 nitrogen and oxygen atoms in total. The number of aliphatic imine (C=N–C) groups is 1. The average Bonchev–Trinajstić information content (AvgIpc) is 3.10. The van der Waals surface area contributed by atoms with Gasteiger partial charge in [0, 0.05) is 32.8 Å². The highest BCUT2D eigenvalue weighted by molar-refractivity contribution is 5.79. The molecule has 1 unspecified atom stereocenters. The van der Waals surface area contributed by atoms with Crippen LogP contribution in [-0.4, -0.2) is 51.5 Å². The summed E-state index contributed by atoms with van der Waals surface area (Å²) in [5.74, 6) is 0.886. The molecular formula is C20H33N3O2. The molecule has 5 heteroatoms. The Labute approximate surface area is 152 Å². The van der Waals surface area contributed by atoms with Gasteiger partial charge in [0.15, 0.2) is 5.96 Å². The molecule has 25 heavy (non-hydrogen) atoms. The van der Waals surface area contributed by atoms with Gasteiger partial charge in [-0.05, 0) is 51.2 Å². The van der Waals surface area contributed by atoms with Gasteiger partial charge >= 0.3 is 0 Å². The molecule has 1 saturated heterocycles.